The monoisotopic (exact) mass is 266 g/mol. The number of nitrogens with zero attached hydrogens (tertiary/aromatic N) is 2. The summed E-state index contributed by atoms with van der Waals surface area (Å²) in [7, 11) is 0. The summed E-state index contributed by atoms with van der Waals surface area (Å²) < 4.78 is 0. The number of aromatic amines is 1. The van der Waals surface area contributed by atoms with E-state index in [1.807, 2.05) is 25.1 Å². The lowest BCUT2D eigenvalue weighted by Crippen LogP contribution is -2.26. The van der Waals surface area contributed by atoms with Crippen LogP contribution in [0.15, 0.2) is 48.9 Å². The third-order valence-electron chi connectivity index (χ3n) is 3.24. The number of nitrogens with one attached hydrogen (secondary N) is 2. The van der Waals surface area contributed by atoms with Gasteiger partial charge in [-0.3, -0.25) is 14.9 Å². The molecule has 2 aromatic heterocycles. The van der Waals surface area contributed by atoms with Crippen LogP contribution in [-0.2, 0) is 0 Å². The lowest BCUT2D eigenvalue weighted by Gasteiger charge is -2.13. The molecule has 20 heavy (non-hydrogen) atoms. The number of pyridine rings is 1. The second-order valence-electron chi connectivity index (χ2n) is 4.65. The average molecular weight is 266 g/mol. The Morgan fingerprint density at radius 3 is 3.00 bits per heavy atom. The van der Waals surface area contributed by atoms with Crippen molar-refractivity contribution in [1.82, 2.24) is 20.5 Å². The molecule has 0 aliphatic heterocycles. The maximum absolute atomic E-state index is 12.2. The van der Waals surface area contributed by atoms with E-state index in [4.69, 9.17) is 0 Å². The van der Waals surface area contributed by atoms with Gasteiger partial charge >= 0.3 is 0 Å². The minimum atomic E-state index is -0.113. The highest BCUT2D eigenvalue weighted by Crippen LogP contribution is 2.15. The van der Waals surface area contributed by atoms with Crippen LogP contribution in [0.2, 0.25) is 0 Å². The lowest BCUT2D eigenvalue weighted by molar-refractivity contribution is 0.0940. The number of fused-ring (bicyclic) bond motifs is 1. The minimum absolute atomic E-state index is 0.0892. The van der Waals surface area contributed by atoms with Gasteiger partial charge in [0.05, 0.1) is 17.8 Å². The van der Waals surface area contributed by atoms with Crippen molar-refractivity contribution in [3.8, 4) is 0 Å². The van der Waals surface area contributed by atoms with Crippen molar-refractivity contribution < 1.29 is 4.79 Å². The van der Waals surface area contributed by atoms with Gasteiger partial charge in [-0.2, -0.15) is 5.10 Å². The Labute approximate surface area is 116 Å². The van der Waals surface area contributed by atoms with Crippen LogP contribution in [0.3, 0.4) is 0 Å². The maximum atomic E-state index is 12.2. The van der Waals surface area contributed by atoms with Crippen molar-refractivity contribution in [2.45, 2.75) is 13.0 Å². The predicted octanol–water partition coefficient (Wildman–Crippen LogP) is 2.45. The quantitative estimate of drug-likeness (QED) is 0.765. The topological polar surface area (TPSA) is 70.7 Å². The number of hydrogen-bond donors (Lipinski definition) is 2. The van der Waals surface area contributed by atoms with Crippen molar-refractivity contribution in [1.29, 1.82) is 0 Å². The van der Waals surface area contributed by atoms with Gasteiger partial charge in [-0.05, 0) is 30.7 Å². The molecule has 1 aromatic carbocycles. The van der Waals surface area contributed by atoms with Gasteiger partial charge in [-0.25, -0.2) is 0 Å². The molecule has 3 aromatic rings. The highest BCUT2D eigenvalue weighted by Gasteiger charge is 2.12. The fourth-order valence-electron chi connectivity index (χ4n) is 2.07. The molecule has 3 rings (SSSR count). The molecule has 0 saturated heterocycles. The number of benzene rings is 1. The van der Waals surface area contributed by atoms with Gasteiger partial charge < -0.3 is 5.32 Å². The van der Waals surface area contributed by atoms with Crippen LogP contribution < -0.4 is 5.32 Å². The third-order valence-corrected chi connectivity index (χ3v) is 3.24. The van der Waals surface area contributed by atoms with Crippen molar-refractivity contribution in [3.63, 3.8) is 0 Å². The highest BCUT2D eigenvalue weighted by molar-refractivity contribution is 5.97. The van der Waals surface area contributed by atoms with Crippen LogP contribution in [0.4, 0.5) is 0 Å². The maximum Gasteiger partial charge on any atom is 0.251 e. The van der Waals surface area contributed by atoms with E-state index in [1.54, 1.807) is 30.7 Å². The molecule has 0 saturated carbocycles. The van der Waals surface area contributed by atoms with Gasteiger partial charge in [0.25, 0.3) is 5.91 Å². The molecule has 2 heterocycles. The van der Waals surface area contributed by atoms with Crippen LogP contribution in [0.25, 0.3) is 10.9 Å². The lowest BCUT2D eigenvalue weighted by atomic mass is 10.1. The van der Waals surface area contributed by atoms with Gasteiger partial charge in [0.2, 0.25) is 0 Å². The number of carbonyl (C=O) groups excluding carboxylic acids is 1. The standard InChI is InChI=1S/C15H14N4O/c1-10(12-3-2-6-16-8-12)18-15(20)11-4-5-13-9-17-19-14(13)7-11/h2-10H,1H3,(H,17,19)(H,18,20). The SMILES string of the molecule is CC(NC(=O)c1ccc2cn[nH]c2c1)c1cccnc1. The predicted molar refractivity (Wildman–Crippen MR) is 76.2 cm³/mol. The fraction of sp³-hybridized carbons (Fsp3) is 0.133. The van der Waals surface area contributed by atoms with Crippen LogP contribution in [0, 0.1) is 0 Å². The normalized spacial score (nSPS) is 12.2. The zero-order valence-electron chi connectivity index (χ0n) is 11.0. The molecular weight excluding hydrogens is 252 g/mol. The van der Waals surface area contributed by atoms with Crippen LogP contribution in [-0.4, -0.2) is 21.1 Å². The number of amides is 1. The first-order valence-electron chi connectivity index (χ1n) is 6.38. The molecule has 2 N–H and O–H groups in total. The molecule has 1 amide bonds. The molecule has 0 fully saturated rings. The molecule has 5 nitrogen and oxygen atoms in total. The molecule has 0 bridgehead atoms. The van der Waals surface area contributed by atoms with Crippen molar-refractivity contribution in [2.75, 3.05) is 0 Å². The first-order valence-corrected chi connectivity index (χ1v) is 6.38. The summed E-state index contributed by atoms with van der Waals surface area (Å²) in [4.78, 5) is 16.3. The Morgan fingerprint density at radius 1 is 1.30 bits per heavy atom. The van der Waals surface area contributed by atoms with Crippen LogP contribution in [0.1, 0.15) is 28.9 Å². The molecule has 0 spiro atoms. The smallest absolute Gasteiger partial charge is 0.251 e. The van der Waals surface area contributed by atoms with Crippen molar-refractivity contribution in [2.24, 2.45) is 0 Å². The van der Waals surface area contributed by atoms with Crippen LogP contribution >= 0.6 is 0 Å². The van der Waals surface area contributed by atoms with E-state index in [1.165, 1.54) is 0 Å². The number of rotatable bonds is 3. The Bertz CT molecular complexity index is 736. The Kier molecular flexibility index (Phi) is 3.16. The largest absolute Gasteiger partial charge is 0.345 e. The van der Waals surface area contributed by atoms with E-state index in [2.05, 4.69) is 20.5 Å². The van der Waals surface area contributed by atoms with E-state index in [-0.39, 0.29) is 11.9 Å². The molecule has 5 heteroatoms. The van der Waals surface area contributed by atoms with Gasteiger partial charge in [0.1, 0.15) is 0 Å². The van der Waals surface area contributed by atoms with Crippen molar-refractivity contribution in [3.05, 3.63) is 60.0 Å². The summed E-state index contributed by atoms with van der Waals surface area (Å²) >= 11 is 0. The molecule has 0 aliphatic rings. The van der Waals surface area contributed by atoms with Crippen LogP contribution in [0.5, 0.6) is 0 Å². The zero-order chi connectivity index (χ0) is 13.9. The number of carbonyl (C=O) groups is 1. The van der Waals surface area contributed by atoms with Gasteiger partial charge in [0, 0.05) is 23.3 Å². The Morgan fingerprint density at radius 2 is 2.20 bits per heavy atom. The fourth-order valence-corrected chi connectivity index (χ4v) is 2.07. The molecule has 1 atom stereocenters. The Balaban J connectivity index is 1.78. The minimum Gasteiger partial charge on any atom is -0.345 e. The first kappa shape index (κ1) is 12.3. The molecule has 0 aliphatic carbocycles. The summed E-state index contributed by atoms with van der Waals surface area (Å²) in [6.07, 6.45) is 5.20. The van der Waals surface area contributed by atoms with Gasteiger partial charge in [-0.1, -0.05) is 12.1 Å². The number of hydrogen-bond acceptors (Lipinski definition) is 3. The summed E-state index contributed by atoms with van der Waals surface area (Å²) in [6.45, 7) is 1.93. The van der Waals surface area contributed by atoms with E-state index >= 15 is 0 Å². The second kappa shape index (κ2) is 5.13. The zero-order valence-corrected chi connectivity index (χ0v) is 11.0. The van der Waals surface area contributed by atoms with Crippen molar-refractivity contribution >= 4 is 16.8 Å². The summed E-state index contributed by atoms with van der Waals surface area (Å²) in [6, 6.07) is 9.18. The molecular formula is C15H14N4O. The van der Waals surface area contributed by atoms with Gasteiger partial charge in [-0.15, -0.1) is 0 Å². The second-order valence-corrected chi connectivity index (χ2v) is 4.65. The highest BCUT2D eigenvalue weighted by atomic mass is 16.1. The van der Waals surface area contributed by atoms with Gasteiger partial charge in [0.15, 0.2) is 0 Å². The summed E-state index contributed by atoms with van der Waals surface area (Å²) in [5, 5.41) is 10.7. The molecule has 100 valence electrons. The Hall–Kier alpha value is -2.69. The first-order chi connectivity index (χ1) is 9.74. The van der Waals surface area contributed by atoms with E-state index < -0.39 is 0 Å². The third kappa shape index (κ3) is 2.38. The number of H-pyrrole nitrogens is 1. The van der Waals surface area contributed by atoms with E-state index in [0.29, 0.717) is 5.56 Å². The summed E-state index contributed by atoms with van der Waals surface area (Å²) in [5.41, 5.74) is 2.44. The molecule has 0 radical (unpaired) electrons. The molecule has 1 unspecified atom stereocenters. The number of aromatic nitrogens is 3. The summed E-state index contributed by atoms with van der Waals surface area (Å²) in [5.74, 6) is -0.113. The van der Waals surface area contributed by atoms with E-state index in [0.717, 1.165) is 16.5 Å². The van der Waals surface area contributed by atoms with E-state index in [9.17, 15) is 4.79 Å². The average Bonchev–Trinajstić information content (AvgIpc) is 2.95.